The Morgan fingerprint density at radius 2 is 1.29 bits per heavy atom. The van der Waals surface area contributed by atoms with Crippen LogP contribution < -0.4 is 9.50 Å². The fourth-order valence-electron chi connectivity index (χ4n) is 4.45. The van der Waals surface area contributed by atoms with Crippen LogP contribution in [0, 0.1) is 13.8 Å². The molecular weight excluding hydrogens is 534 g/mol. The number of benzene rings is 4. The van der Waals surface area contributed by atoms with Crippen molar-refractivity contribution >= 4 is 16.1 Å². The molecule has 0 radical (unpaired) electrons. The highest BCUT2D eigenvalue weighted by molar-refractivity contribution is 7.87. The number of rotatable bonds is 10. The molecule has 0 bridgehead atoms. The van der Waals surface area contributed by atoms with E-state index in [1.165, 1.54) is 53.1 Å². The van der Waals surface area contributed by atoms with Gasteiger partial charge in [0.1, 0.15) is 17.3 Å². The zero-order valence-electron chi connectivity index (χ0n) is 24.2. The van der Waals surface area contributed by atoms with Crippen molar-refractivity contribution in [2.24, 2.45) is 0 Å². The number of aryl methyl sites for hydroxylation is 2. The highest BCUT2D eigenvalue weighted by Crippen LogP contribution is 2.25. The third kappa shape index (κ3) is 8.52. The smallest absolute Gasteiger partial charge is 0.339 e. The van der Waals surface area contributed by atoms with E-state index < -0.39 is 16.1 Å². The molecule has 0 heterocycles. The van der Waals surface area contributed by atoms with Crippen LogP contribution in [-0.4, -0.2) is 14.4 Å². The Balaban J connectivity index is 1.26. The second kappa shape index (κ2) is 12.7. The standard InChI is InChI=1S/C34H37NO5S/c1-24-18-25(2)20-28(19-24)22-35-21-26-6-8-27(9-7-26)23-39-33(36)29-10-14-31(15-11-29)40-41(37,38)32-16-12-30(13-17-32)34(3,4)5/h6-20,35H,21-23H2,1-5H3. The molecule has 214 valence electrons. The first-order valence-electron chi connectivity index (χ1n) is 13.6. The molecule has 0 aromatic heterocycles. The fourth-order valence-corrected chi connectivity index (χ4v) is 5.38. The van der Waals surface area contributed by atoms with E-state index in [0.717, 1.165) is 29.8 Å². The average Bonchev–Trinajstić information content (AvgIpc) is 2.92. The van der Waals surface area contributed by atoms with Gasteiger partial charge in [0, 0.05) is 13.1 Å². The molecule has 0 amide bonds. The minimum Gasteiger partial charge on any atom is -0.457 e. The summed E-state index contributed by atoms with van der Waals surface area (Å²) >= 11 is 0. The van der Waals surface area contributed by atoms with Crippen molar-refractivity contribution in [3.63, 3.8) is 0 Å². The van der Waals surface area contributed by atoms with Gasteiger partial charge in [0.25, 0.3) is 0 Å². The molecule has 0 saturated carbocycles. The zero-order chi connectivity index (χ0) is 29.6. The van der Waals surface area contributed by atoms with E-state index in [-0.39, 0.29) is 22.7 Å². The number of carbonyl (C=O) groups is 1. The van der Waals surface area contributed by atoms with Crippen molar-refractivity contribution in [1.82, 2.24) is 5.32 Å². The van der Waals surface area contributed by atoms with E-state index in [9.17, 15) is 13.2 Å². The Labute approximate surface area is 243 Å². The third-order valence-corrected chi connectivity index (χ3v) is 7.90. The lowest BCUT2D eigenvalue weighted by Gasteiger charge is -2.19. The van der Waals surface area contributed by atoms with Crippen LogP contribution in [0.4, 0.5) is 0 Å². The summed E-state index contributed by atoms with van der Waals surface area (Å²) in [6.07, 6.45) is 0. The minimum absolute atomic E-state index is 0.0668. The lowest BCUT2D eigenvalue weighted by Crippen LogP contribution is -2.13. The lowest BCUT2D eigenvalue weighted by molar-refractivity contribution is 0.0472. The van der Waals surface area contributed by atoms with Gasteiger partial charge in [0.2, 0.25) is 0 Å². The van der Waals surface area contributed by atoms with Crippen LogP contribution in [0.15, 0.2) is 95.9 Å². The predicted octanol–water partition coefficient (Wildman–Crippen LogP) is 7.02. The van der Waals surface area contributed by atoms with Crippen molar-refractivity contribution in [3.8, 4) is 5.75 Å². The van der Waals surface area contributed by atoms with Gasteiger partial charge in [-0.25, -0.2) is 4.79 Å². The Hall–Kier alpha value is -3.94. The maximum atomic E-state index is 12.7. The summed E-state index contributed by atoms with van der Waals surface area (Å²) in [6, 6.07) is 27.0. The molecule has 41 heavy (non-hydrogen) atoms. The van der Waals surface area contributed by atoms with Gasteiger partial charge in [0.05, 0.1) is 5.56 Å². The summed E-state index contributed by atoms with van der Waals surface area (Å²) in [6.45, 7) is 12.0. The largest absolute Gasteiger partial charge is 0.457 e. The number of nitrogens with one attached hydrogen (secondary N) is 1. The van der Waals surface area contributed by atoms with Crippen molar-refractivity contribution in [1.29, 1.82) is 0 Å². The van der Waals surface area contributed by atoms with Crippen molar-refractivity contribution in [2.75, 3.05) is 0 Å². The van der Waals surface area contributed by atoms with Gasteiger partial charge < -0.3 is 14.2 Å². The van der Waals surface area contributed by atoms with Crippen molar-refractivity contribution < 1.29 is 22.1 Å². The van der Waals surface area contributed by atoms with Crippen LogP contribution in [0.5, 0.6) is 5.75 Å². The molecule has 4 rings (SSSR count). The third-order valence-electron chi connectivity index (χ3n) is 6.64. The second-order valence-corrected chi connectivity index (χ2v) is 12.9. The van der Waals surface area contributed by atoms with Crippen LogP contribution in [0.1, 0.15) is 64.5 Å². The Kier molecular flexibility index (Phi) is 9.31. The molecule has 0 aliphatic heterocycles. The first-order valence-corrected chi connectivity index (χ1v) is 15.0. The first kappa shape index (κ1) is 30.0. The molecule has 1 N–H and O–H groups in total. The van der Waals surface area contributed by atoms with Crippen LogP contribution >= 0.6 is 0 Å². The summed E-state index contributed by atoms with van der Waals surface area (Å²) in [5, 5.41) is 3.47. The van der Waals surface area contributed by atoms with E-state index >= 15 is 0 Å². The molecule has 0 aliphatic rings. The van der Waals surface area contributed by atoms with Gasteiger partial charge in [-0.1, -0.05) is 86.5 Å². The molecular formula is C34H37NO5S. The predicted molar refractivity (Wildman–Crippen MR) is 161 cm³/mol. The van der Waals surface area contributed by atoms with Crippen LogP contribution in [0.25, 0.3) is 0 Å². The molecule has 0 unspecified atom stereocenters. The molecule has 0 spiro atoms. The molecule has 4 aromatic rings. The number of hydrogen-bond donors (Lipinski definition) is 1. The molecule has 0 saturated heterocycles. The summed E-state index contributed by atoms with van der Waals surface area (Å²) in [5.74, 6) is -0.389. The van der Waals surface area contributed by atoms with E-state index in [4.69, 9.17) is 8.92 Å². The summed E-state index contributed by atoms with van der Waals surface area (Å²) in [5.41, 5.74) is 7.04. The lowest BCUT2D eigenvalue weighted by atomic mass is 9.87. The van der Waals surface area contributed by atoms with Crippen LogP contribution in [0.2, 0.25) is 0 Å². The summed E-state index contributed by atoms with van der Waals surface area (Å²) in [7, 11) is -4.00. The van der Waals surface area contributed by atoms with Crippen molar-refractivity contribution in [3.05, 3.63) is 130 Å². The van der Waals surface area contributed by atoms with E-state index in [0.29, 0.717) is 5.56 Å². The number of hydrogen-bond acceptors (Lipinski definition) is 6. The van der Waals surface area contributed by atoms with Gasteiger partial charge in [-0.2, -0.15) is 8.42 Å². The first-order chi connectivity index (χ1) is 19.4. The van der Waals surface area contributed by atoms with Gasteiger partial charge in [-0.05, 0) is 77.9 Å². The van der Waals surface area contributed by atoms with Gasteiger partial charge in [-0.15, -0.1) is 0 Å². The minimum atomic E-state index is -4.00. The number of carbonyl (C=O) groups excluding carboxylic acids is 1. The SMILES string of the molecule is Cc1cc(C)cc(CNCc2ccc(COC(=O)c3ccc(OS(=O)(=O)c4ccc(C(C)(C)C)cc4)cc3)cc2)c1. The van der Waals surface area contributed by atoms with Crippen molar-refractivity contribution in [2.45, 2.75) is 64.6 Å². The second-order valence-electron chi connectivity index (χ2n) is 11.3. The molecule has 4 aromatic carbocycles. The highest BCUT2D eigenvalue weighted by atomic mass is 32.2. The molecule has 0 atom stereocenters. The summed E-state index contributed by atoms with van der Waals surface area (Å²) < 4.78 is 36.1. The maximum absolute atomic E-state index is 12.7. The molecule has 7 heteroatoms. The topological polar surface area (TPSA) is 81.7 Å². The molecule has 0 aliphatic carbocycles. The average molecular weight is 572 g/mol. The van der Waals surface area contributed by atoms with Gasteiger partial charge in [0.15, 0.2) is 0 Å². The maximum Gasteiger partial charge on any atom is 0.339 e. The van der Waals surface area contributed by atoms with Crippen LogP contribution in [0.3, 0.4) is 0 Å². The summed E-state index contributed by atoms with van der Waals surface area (Å²) in [4.78, 5) is 12.6. The Morgan fingerprint density at radius 3 is 1.88 bits per heavy atom. The number of ether oxygens (including phenoxy) is 1. The van der Waals surface area contributed by atoms with E-state index in [1.807, 2.05) is 24.3 Å². The molecule has 6 nitrogen and oxygen atoms in total. The molecule has 0 fully saturated rings. The van der Waals surface area contributed by atoms with Gasteiger partial charge >= 0.3 is 16.1 Å². The zero-order valence-corrected chi connectivity index (χ0v) is 25.0. The van der Waals surface area contributed by atoms with E-state index in [1.54, 1.807) is 12.1 Å². The van der Waals surface area contributed by atoms with Gasteiger partial charge in [-0.3, -0.25) is 0 Å². The number of esters is 1. The normalized spacial score (nSPS) is 11.7. The Bertz CT molecular complexity index is 1570. The fraction of sp³-hybridized carbons (Fsp3) is 0.265. The monoisotopic (exact) mass is 571 g/mol. The highest BCUT2D eigenvalue weighted by Gasteiger charge is 2.19. The van der Waals surface area contributed by atoms with E-state index in [2.05, 4.69) is 58.1 Å². The Morgan fingerprint density at radius 1 is 0.732 bits per heavy atom. The quantitative estimate of drug-likeness (QED) is 0.163. The van der Waals surface area contributed by atoms with Crippen LogP contribution in [-0.2, 0) is 40.0 Å².